The largest absolute Gasteiger partial charge is 0.416 e. The molecule has 15 rings (SSSR count). The standard InChI is InChI=1S/C71H37F12N5/c72-68(73,74)41-21-29-60-51(33-41)52-34-42(69(75,76)77)22-30-61(52)87(60)64-37-65(88-62-31-23-43(70(78,79)80)35-53(62)54-36-44(71(81,82)83)24-32-63(54)88)67(40-19-27-46(28-20-40)86-58-15-7-3-11-49(58)50-12-4-8-16-59(50)86)55(38-84)66(64)39-17-25-45(26-18-39)85-56-13-5-1-9-47(56)48-10-2-6-14-57(48)85/h1-37H. The van der Waals surface area contributed by atoms with Crippen molar-refractivity contribution in [3.05, 3.63) is 252 Å². The van der Waals surface area contributed by atoms with Crippen molar-refractivity contribution >= 4 is 87.2 Å². The van der Waals surface area contributed by atoms with Gasteiger partial charge in [-0.05, 0) is 139 Å². The number of hydrogen-bond donors (Lipinski definition) is 0. The van der Waals surface area contributed by atoms with Crippen molar-refractivity contribution in [3.63, 3.8) is 0 Å². The lowest BCUT2D eigenvalue weighted by Crippen LogP contribution is -2.08. The average Bonchev–Trinajstić information content (AvgIpc) is 1.54. The molecule has 0 atom stereocenters. The summed E-state index contributed by atoms with van der Waals surface area (Å²) in [6, 6.07) is 59.9. The van der Waals surface area contributed by atoms with Gasteiger partial charge in [-0.1, -0.05) is 97.1 Å². The molecule has 0 fully saturated rings. The van der Waals surface area contributed by atoms with Crippen molar-refractivity contribution < 1.29 is 52.7 Å². The number of alkyl halides is 12. The topological polar surface area (TPSA) is 43.5 Å². The van der Waals surface area contributed by atoms with Crippen LogP contribution in [0.4, 0.5) is 52.7 Å². The predicted octanol–water partition coefficient (Wildman–Crippen LogP) is 21.4. The summed E-state index contributed by atoms with van der Waals surface area (Å²) in [6.07, 6.45) is -19.8. The fourth-order valence-corrected chi connectivity index (χ4v) is 12.9. The minimum Gasteiger partial charge on any atom is -0.309 e. The monoisotopic (exact) mass is 1190 g/mol. The van der Waals surface area contributed by atoms with E-state index in [1.807, 2.05) is 130 Å². The highest BCUT2D eigenvalue weighted by molar-refractivity contribution is 6.14. The first-order valence-corrected chi connectivity index (χ1v) is 27.4. The highest BCUT2D eigenvalue weighted by Gasteiger charge is 2.37. The minimum absolute atomic E-state index is 0.00940. The zero-order valence-corrected chi connectivity index (χ0v) is 45.1. The van der Waals surface area contributed by atoms with Crippen LogP contribution in [0.15, 0.2) is 224 Å². The molecule has 4 heterocycles. The Hall–Kier alpha value is -10.7. The Morgan fingerprint density at radius 1 is 0.261 bits per heavy atom. The summed E-state index contributed by atoms with van der Waals surface area (Å²) in [6.45, 7) is 0. The molecule has 0 bridgehead atoms. The third-order valence-corrected chi connectivity index (χ3v) is 16.7. The Morgan fingerprint density at radius 2 is 0.511 bits per heavy atom. The molecule has 0 radical (unpaired) electrons. The number of rotatable bonds is 6. The van der Waals surface area contributed by atoms with Crippen molar-refractivity contribution in [2.75, 3.05) is 0 Å². The SMILES string of the molecule is N#Cc1c(-c2ccc(-n3c4ccccc4c4ccccc43)cc2)c(-n2c3ccc(C(F)(F)F)cc3c3cc(C(F)(F)F)ccc32)cc(-n2c3ccc(C(F)(F)F)cc3c3cc(C(F)(F)F)ccc32)c1-c1ccc(-n2c3ccccc3c3ccccc32)cc1. The van der Waals surface area contributed by atoms with Crippen LogP contribution in [0.3, 0.4) is 0 Å². The normalized spacial score (nSPS) is 12.8. The molecule has 0 unspecified atom stereocenters. The highest BCUT2D eigenvalue weighted by Crippen LogP contribution is 2.49. The first-order chi connectivity index (χ1) is 42.2. The molecule has 88 heavy (non-hydrogen) atoms. The number of benzene rings is 11. The Morgan fingerprint density at radius 3 is 0.761 bits per heavy atom. The number of nitrogens with zero attached hydrogens (tertiary/aromatic N) is 5. The molecular formula is C71H37F12N5. The van der Waals surface area contributed by atoms with Gasteiger partial charge in [0, 0.05) is 65.6 Å². The van der Waals surface area contributed by atoms with Gasteiger partial charge >= 0.3 is 24.7 Å². The van der Waals surface area contributed by atoms with Gasteiger partial charge in [-0.3, -0.25) is 0 Å². The summed E-state index contributed by atoms with van der Waals surface area (Å²) in [5.74, 6) is 0. The molecule has 0 aliphatic rings. The van der Waals surface area contributed by atoms with Crippen molar-refractivity contribution in [3.8, 4) is 51.1 Å². The van der Waals surface area contributed by atoms with Crippen LogP contribution in [0, 0.1) is 11.3 Å². The van der Waals surface area contributed by atoms with Gasteiger partial charge in [0.15, 0.2) is 0 Å². The van der Waals surface area contributed by atoms with Crippen LogP contribution in [0.2, 0.25) is 0 Å². The minimum atomic E-state index is -4.96. The van der Waals surface area contributed by atoms with Gasteiger partial charge in [0.2, 0.25) is 0 Å². The van der Waals surface area contributed by atoms with Crippen LogP contribution in [-0.4, -0.2) is 18.3 Å². The first-order valence-electron chi connectivity index (χ1n) is 27.4. The quantitative estimate of drug-likeness (QED) is 0.153. The molecule has 0 amide bonds. The number of nitriles is 1. The van der Waals surface area contributed by atoms with Gasteiger partial charge in [-0.2, -0.15) is 57.9 Å². The van der Waals surface area contributed by atoms with E-state index in [0.717, 1.165) is 116 Å². The summed E-state index contributed by atoms with van der Waals surface area (Å²) in [7, 11) is 0. The second-order valence-corrected chi connectivity index (χ2v) is 21.6. The molecule has 0 aliphatic heterocycles. The fourth-order valence-electron chi connectivity index (χ4n) is 12.9. The van der Waals surface area contributed by atoms with Gasteiger partial charge in [0.1, 0.15) is 6.07 Å². The molecule has 0 saturated heterocycles. The Balaban J connectivity index is 1.09. The Labute approximate surface area is 489 Å². The lowest BCUT2D eigenvalue weighted by Gasteiger charge is -2.24. The zero-order valence-electron chi connectivity index (χ0n) is 45.1. The van der Waals surface area contributed by atoms with E-state index < -0.39 is 47.0 Å². The number of hydrogen-bond acceptors (Lipinski definition) is 1. The number of para-hydroxylation sites is 4. The summed E-state index contributed by atoms with van der Waals surface area (Å²) in [5, 5.41) is 15.0. The van der Waals surface area contributed by atoms with Crippen molar-refractivity contribution in [1.82, 2.24) is 18.3 Å². The van der Waals surface area contributed by atoms with Gasteiger partial charge in [0.05, 0.1) is 83.3 Å². The number of aromatic nitrogens is 4. The second kappa shape index (κ2) is 19.1. The average molecular weight is 1190 g/mol. The van der Waals surface area contributed by atoms with Crippen LogP contribution >= 0.6 is 0 Å². The van der Waals surface area contributed by atoms with Crippen LogP contribution in [0.5, 0.6) is 0 Å². The van der Waals surface area contributed by atoms with Crippen molar-refractivity contribution in [2.24, 2.45) is 0 Å². The smallest absolute Gasteiger partial charge is 0.309 e. The predicted molar refractivity (Wildman–Crippen MR) is 319 cm³/mol. The summed E-state index contributed by atoms with van der Waals surface area (Å²) < 4.78 is 184. The highest BCUT2D eigenvalue weighted by atomic mass is 19.4. The fraction of sp³-hybridized carbons (Fsp3) is 0.0563. The summed E-state index contributed by atoms with van der Waals surface area (Å²) in [4.78, 5) is 0. The van der Waals surface area contributed by atoms with E-state index in [1.165, 1.54) is 15.2 Å². The van der Waals surface area contributed by atoms with E-state index >= 15 is 0 Å². The maximum absolute atomic E-state index is 14.7. The maximum Gasteiger partial charge on any atom is 0.416 e. The Bertz CT molecular complexity index is 4870. The van der Waals surface area contributed by atoms with Crippen LogP contribution in [0.25, 0.3) is 132 Å². The van der Waals surface area contributed by atoms with E-state index in [9.17, 15) is 57.9 Å². The van der Waals surface area contributed by atoms with Gasteiger partial charge in [0.25, 0.3) is 0 Å². The van der Waals surface area contributed by atoms with E-state index in [4.69, 9.17) is 0 Å². The van der Waals surface area contributed by atoms with Gasteiger partial charge < -0.3 is 18.3 Å². The van der Waals surface area contributed by atoms with E-state index in [2.05, 4.69) is 6.07 Å². The van der Waals surface area contributed by atoms with Crippen molar-refractivity contribution in [2.45, 2.75) is 24.7 Å². The van der Waals surface area contributed by atoms with Crippen molar-refractivity contribution in [1.29, 1.82) is 5.26 Å². The van der Waals surface area contributed by atoms with E-state index in [-0.39, 0.29) is 71.7 Å². The molecule has 430 valence electrons. The molecule has 0 spiro atoms. The molecule has 0 N–H and O–H groups in total. The molecule has 15 aromatic rings. The third kappa shape index (κ3) is 8.33. The zero-order chi connectivity index (χ0) is 60.9. The van der Waals surface area contributed by atoms with E-state index in [0.29, 0.717) is 22.5 Å². The molecule has 11 aromatic carbocycles. The number of halogens is 12. The van der Waals surface area contributed by atoms with E-state index in [1.54, 1.807) is 24.3 Å². The van der Waals surface area contributed by atoms with Crippen LogP contribution < -0.4 is 0 Å². The molecule has 4 aromatic heterocycles. The molecule has 0 aliphatic carbocycles. The third-order valence-electron chi connectivity index (χ3n) is 16.7. The number of fused-ring (bicyclic) bond motifs is 12. The molecular weight excluding hydrogens is 1150 g/mol. The first kappa shape index (κ1) is 54.0. The summed E-state index contributed by atoms with van der Waals surface area (Å²) >= 11 is 0. The maximum atomic E-state index is 14.7. The molecule has 0 saturated carbocycles. The molecule has 17 heteroatoms. The lowest BCUT2D eigenvalue weighted by molar-refractivity contribution is -0.138. The van der Waals surface area contributed by atoms with Gasteiger partial charge in [-0.25, -0.2) is 0 Å². The summed E-state index contributed by atoms with van der Waals surface area (Å²) in [5.41, 5.74) is 0.833. The van der Waals surface area contributed by atoms with Crippen LogP contribution in [0.1, 0.15) is 27.8 Å². The van der Waals surface area contributed by atoms with Crippen LogP contribution in [-0.2, 0) is 24.7 Å². The van der Waals surface area contributed by atoms with Gasteiger partial charge in [-0.15, -0.1) is 0 Å². The lowest BCUT2D eigenvalue weighted by atomic mass is 9.88. The molecule has 5 nitrogen and oxygen atoms in total. The Kier molecular flexibility index (Phi) is 11.7. The second-order valence-electron chi connectivity index (χ2n) is 21.6.